The molecule has 98 valence electrons. The first kappa shape index (κ1) is 12.9. The van der Waals surface area contributed by atoms with Gasteiger partial charge in [0.15, 0.2) is 15.1 Å². The smallest absolute Gasteiger partial charge is 0.324 e. The number of nitrogens with one attached hydrogen (secondary N) is 1. The summed E-state index contributed by atoms with van der Waals surface area (Å²) in [6.07, 6.45) is 0.691. The van der Waals surface area contributed by atoms with E-state index in [2.05, 4.69) is 5.32 Å². The van der Waals surface area contributed by atoms with Crippen molar-refractivity contribution >= 4 is 21.5 Å². The van der Waals surface area contributed by atoms with Crippen molar-refractivity contribution in [1.29, 1.82) is 0 Å². The zero-order valence-electron chi connectivity index (χ0n) is 10.2. The normalized spacial score (nSPS) is 25.0. The fraction of sp³-hybridized carbons (Fsp3) is 0.417. The third-order valence-electron chi connectivity index (χ3n) is 3.20. The van der Waals surface area contributed by atoms with Crippen LogP contribution < -0.4 is 5.32 Å². The molecule has 0 radical (unpaired) electrons. The molecule has 1 heterocycles. The summed E-state index contributed by atoms with van der Waals surface area (Å²) in [6.45, 7) is 3.50. The van der Waals surface area contributed by atoms with E-state index in [0.717, 1.165) is 5.56 Å². The van der Waals surface area contributed by atoms with Crippen LogP contribution in [0.2, 0.25) is 0 Å². The van der Waals surface area contributed by atoms with Crippen LogP contribution in [-0.2, 0) is 21.1 Å². The molecule has 1 aliphatic heterocycles. The molecule has 1 aromatic rings. The highest BCUT2D eigenvalue weighted by Gasteiger charge is 2.44. The first-order valence-corrected chi connectivity index (χ1v) is 7.29. The van der Waals surface area contributed by atoms with E-state index in [9.17, 15) is 13.2 Å². The van der Waals surface area contributed by atoms with Crippen LogP contribution in [0.15, 0.2) is 23.1 Å². The molecule has 0 aromatic heterocycles. The molecule has 2 N–H and O–H groups in total. The molecule has 0 amide bonds. The van der Waals surface area contributed by atoms with Gasteiger partial charge >= 0.3 is 5.97 Å². The summed E-state index contributed by atoms with van der Waals surface area (Å²) in [5.41, 5.74) is 1.43. The Morgan fingerprint density at radius 3 is 2.67 bits per heavy atom. The maximum Gasteiger partial charge on any atom is 0.324 e. The molecule has 1 aliphatic rings. The van der Waals surface area contributed by atoms with Crippen LogP contribution in [0, 0.1) is 0 Å². The van der Waals surface area contributed by atoms with E-state index < -0.39 is 27.1 Å². The summed E-state index contributed by atoms with van der Waals surface area (Å²) in [6, 6.07) is 4.30. The predicted octanol–water partition coefficient (Wildman–Crippen LogP) is 1.29. The molecule has 18 heavy (non-hydrogen) atoms. The Morgan fingerprint density at radius 2 is 2.11 bits per heavy atom. The van der Waals surface area contributed by atoms with Crippen molar-refractivity contribution in [2.75, 3.05) is 5.32 Å². The van der Waals surface area contributed by atoms with Gasteiger partial charge in [-0.2, -0.15) is 0 Å². The predicted molar refractivity (Wildman–Crippen MR) is 67.5 cm³/mol. The number of carboxylic acids is 1. The van der Waals surface area contributed by atoms with E-state index in [1.54, 1.807) is 13.0 Å². The fourth-order valence-electron chi connectivity index (χ4n) is 2.33. The van der Waals surface area contributed by atoms with Gasteiger partial charge in [0.1, 0.15) is 0 Å². The van der Waals surface area contributed by atoms with Crippen molar-refractivity contribution in [3.05, 3.63) is 23.8 Å². The van der Waals surface area contributed by atoms with Crippen molar-refractivity contribution in [1.82, 2.24) is 0 Å². The van der Waals surface area contributed by atoms with Crippen molar-refractivity contribution in [2.45, 2.75) is 36.5 Å². The van der Waals surface area contributed by atoms with Crippen LogP contribution in [-0.4, -0.2) is 30.8 Å². The number of hydrogen-bond acceptors (Lipinski definition) is 4. The number of hydrogen-bond donors (Lipinski definition) is 2. The molecule has 0 saturated carbocycles. The fourth-order valence-corrected chi connectivity index (χ4v) is 4.21. The summed E-state index contributed by atoms with van der Waals surface area (Å²) in [7, 11) is -3.83. The molecular weight excluding hydrogens is 254 g/mol. The number of fused-ring (bicyclic) bond motifs is 1. The van der Waals surface area contributed by atoms with Crippen LogP contribution in [0.4, 0.5) is 5.69 Å². The zero-order valence-corrected chi connectivity index (χ0v) is 11.0. The van der Waals surface area contributed by atoms with Gasteiger partial charge in [-0.3, -0.25) is 4.79 Å². The topological polar surface area (TPSA) is 83.5 Å². The number of aliphatic carboxylic acids is 1. The highest BCUT2D eigenvalue weighted by Crippen LogP contribution is 2.35. The van der Waals surface area contributed by atoms with Gasteiger partial charge in [0.25, 0.3) is 0 Å². The summed E-state index contributed by atoms with van der Waals surface area (Å²) in [4.78, 5) is 11.2. The lowest BCUT2D eigenvalue weighted by Crippen LogP contribution is -2.47. The number of sulfone groups is 1. The van der Waals surface area contributed by atoms with Crippen molar-refractivity contribution < 1.29 is 18.3 Å². The van der Waals surface area contributed by atoms with Gasteiger partial charge in [-0.05, 0) is 25.0 Å². The van der Waals surface area contributed by atoms with E-state index >= 15 is 0 Å². The minimum Gasteiger partial charge on any atom is -0.480 e. The monoisotopic (exact) mass is 269 g/mol. The Morgan fingerprint density at radius 1 is 1.44 bits per heavy atom. The van der Waals surface area contributed by atoms with E-state index in [0.29, 0.717) is 12.1 Å². The number of benzene rings is 1. The van der Waals surface area contributed by atoms with Crippen LogP contribution in [0.5, 0.6) is 0 Å². The number of aryl methyl sites for hydroxylation is 1. The Kier molecular flexibility index (Phi) is 3.06. The molecule has 0 bridgehead atoms. The quantitative estimate of drug-likeness (QED) is 0.845. The Hall–Kier alpha value is -1.56. The molecule has 5 nitrogen and oxygen atoms in total. The second-order valence-electron chi connectivity index (χ2n) is 4.38. The van der Waals surface area contributed by atoms with Crippen LogP contribution in [0.3, 0.4) is 0 Å². The Bertz CT molecular complexity index is 594. The summed E-state index contributed by atoms with van der Waals surface area (Å²) < 4.78 is 24.6. The lowest BCUT2D eigenvalue weighted by molar-refractivity contribution is -0.136. The van der Waals surface area contributed by atoms with E-state index in [-0.39, 0.29) is 4.90 Å². The largest absolute Gasteiger partial charge is 0.480 e. The van der Waals surface area contributed by atoms with Crippen molar-refractivity contribution in [3.8, 4) is 0 Å². The zero-order chi connectivity index (χ0) is 13.5. The summed E-state index contributed by atoms with van der Waals surface area (Å²) in [5.74, 6) is -1.32. The minimum atomic E-state index is -3.83. The van der Waals surface area contributed by atoms with E-state index in [4.69, 9.17) is 5.11 Å². The average molecular weight is 269 g/mol. The number of anilines is 1. The summed E-state index contributed by atoms with van der Waals surface area (Å²) in [5, 5.41) is 10.7. The number of carboxylic acid groups (broad SMARTS) is 1. The maximum atomic E-state index is 12.3. The molecule has 0 aliphatic carbocycles. The third kappa shape index (κ3) is 1.77. The highest BCUT2D eigenvalue weighted by molar-refractivity contribution is 7.93. The van der Waals surface area contributed by atoms with Crippen LogP contribution >= 0.6 is 0 Å². The molecule has 1 aromatic carbocycles. The first-order chi connectivity index (χ1) is 8.39. The van der Waals surface area contributed by atoms with Gasteiger partial charge < -0.3 is 10.4 Å². The SMILES string of the molecule is CCc1cccc2c1NC(C)C(C(=O)O)S2(=O)=O. The van der Waals surface area contributed by atoms with Gasteiger partial charge in [-0.15, -0.1) is 0 Å². The van der Waals surface area contributed by atoms with Crippen molar-refractivity contribution in [2.24, 2.45) is 0 Å². The van der Waals surface area contributed by atoms with Crippen molar-refractivity contribution in [3.63, 3.8) is 0 Å². The molecule has 2 unspecified atom stereocenters. The van der Waals surface area contributed by atoms with Crippen LogP contribution in [0.1, 0.15) is 19.4 Å². The second-order valence-corrected chi connectivity index (χ2v) is 6.42. The number of para-hydroxylation sites is 1. The number of carbonyl (C=O) groups is 1. The van der Waals surface area contributed by atoms with Crippen LogP contribution in [0.25, 0.3) is 0 Å². The molecule has 0 saturated heterocycles. The standard InChI is InChI=1S/C12H15NO4S/c1-3-8-5-4-6-9-10(8)13-7(2)11(12(14)15)18(9,16)17/h4-7,11,13H,3H2,1-2H3,(H,14,15). The molecule has 2 rings (SSSR count). The average Bonchev–Trinajstić information content (AvgIpc) is 2.27. The van der Waals surface area contributed by atoms with Gasteiger partial charge in [-0.25, -0.2) is 8.42 Å². The number of rotatable bonds is 2. The Balaban J connectivity index is 2.69. The molecule has 6 heteroatoms. The maximum absolute atomic E-state index is 12.3. The minimum absolute atomic E-state index is 0.0901. The van der Waals surface area contributed by atoms with Gasteiger partial charge in [0.05, 0.1) is 16.6 Å². The summed E-state index contributed by atoms with van der Waals surface area (Å²) >= 11 is 0. The first-order valence-electron chi connectivity index (χ1n) is 5.74. The lowest BCUT2D eigenvalue weighted by atomic mass is 10.1. The molecule has 0 spiro atoms. The molecular formula is C12H15NO4S. The Labute approximate surface area is 106 Å². The lowest BCUT2D eigenvalue weighted by Gasteiger charge is -2.31. The molecule has 2 atom stereocenters. The van der Waals surface area contributed by atoms with E-state index in [1.807, 2.05) is 13.0 Å². The highest BCUT2D eigenvalue weighted by atomic mass is 32.2. The second kappa shape index (κ2) is 4.28. The van der Waals surface area contributed by atoms with Gasteiger partial charge in [-0.1, -0.05) is 19.1 Å². The van der Waals surface area contributed by atoms with E-state index in [1.165, 1.54) is 6.07 Å². The molecule has 0 fully saturated rings. The van der Waals surface area contributed by atoms with Gasteiger partial charge in [0, 0.05) is 0 Å². The van der Waals surface area contributed by atoms with Gasteiger partial charge in [0.2, 0.25) is 0 Å². The third-order valence-corrected chi connectivity index (χ3v) is 5.44.